The summed E-state index contributed by atoms with van der Waals surface area (Å²) in [5.41, 5.74) is -0.556. The highest BCUT2D eigenvalue weighted by molar-refractivity contribution is 6.25. The molecule has 0 saturated heterocycles. The molecular weight excluding hydrogens is 250 g/mol. The minimum Gasteiger partial charge on any atom is -0.298 e. The third-order valence-corrected chi connectivity index (χ3v) is 3.12. The molecule has 0 aromatic heterocycles. The third-order valence-electron chi connectivity index (χ3n) is 3.12. The fourth-order valence-electron chi connectivity index (χ4n) is 2.19. The molecule has 0 radical (unpaired) electrons. The highest BCUT2D eigenvalue weighted by Crippen LogP contribution is 2.26. The van der Waals surface area contributed by atoms with Crippen molar-refractivity contribution in [3.05, 3.63) is 39.9 Å². The van der Waals surface area contributed by atoms with E-state index in [-0.39, 0.29) is 24.1 Å². The Kier molecular flexibility index (Phi) is 3.50. The maximum absolute atomic E-state index is 12.2. The lowest BCUT2D eigenvalue weighted by atomic mass is 9.81. The van der Waals surface area contributed by atoms with Gasteiger partial charge in [-0.05, 0) is 12.5 Å². The van der Waals surface area contributed by atoms with Crippen LogP contribution in [0.4, 0.5) is 5.69 Å². The number of carbonyl (C=O) groups excluding carboxylic acids is 3. The molecule has 0 bridgehead atoms. The van der Waals surface area contributed by atoms with Gasteiger partial charge in [0.25, 0.3) is 5.69 Å². The second-order valence-electron chi connectivity index (χ2n) is 4.36. The van der Waals surface area contributed by atoms with Gasteiger partial charge in [0, 0.05) is 18.9 Å². The number of ketones is 3. The van der Waals surface area contributed by atoms with Crippen LogP contribution in [0.3, 0.4) is 0 Å². The standard InChI is InChI=1S/C13H11NO5/c15-10-6-3-7-11(16)12(10)13(17)8-4-1-2-5-9(8)14(18)19/h1-2,4-5,12H,3,6-7H2. The first-order chi connectivity index (χ1) is 9.02. The summed E-state index contributed by atoms with van der Waals surface area (Å²) in [5.74, 6) is -3.02. The van der Waals surface area contributed by atoms with Gasteiger partial charge in [0.15, 0.2) is 17.3 Å². The lowest BCUT2D eigenvalue weighted by Gasteiger charge is -2.17. The Labute approximate surface area is 108 Å². The van der Waals surface area contributed by atoms with Gasteiger partial charge in [0.2, 0.25) is 0 Å². The molecule has 6 nitrogen and oxygen atoms in total. The molecule has 1 fully saturated rings. The van der Waals surface area contributed by atoms with Crippen LogP contribution in [0, 0.1) is 16.0 Å². The van der Waals surface area contributed by atoms with Gasteiger partial charge in [-0.15, -0.1) is 0 Å². The Hall–Kier alpha value is -2.37. The zero-order valence-electron chi connectivity index (χ0n) is 10.00. The van der Waals surface area contributed by atoms with Crippen molar-refractivity contribution in [2.75, 3.05) is 0 Å². The summed E-state index contributed by atoms with van der Waals surface area (Å²) in [6.45, 7) is 0. The van der Waals surface area contributed by atoms with Crippen molar-refractivity contribution in [2.24, 2.45) is 5.92 Å². The van der Waals surface area contributed by atoms with Crippen molar-refractivity contribution < 1.29 is 19.3 Å². The SMILES string of the molecule is O=C1CCCC(=O)C1C(=O)c1ccccc1[N+](=O)[O-]. The normalized spacial score (nSPS) is 16.4. The molecule has 19 heavy (non-hydrogen) atoms. The van der Waals surface area contributed by atoms with E-state index in [1.165, 1.54) is 24.3 Å². The van der Waals surface area contributed by atoms with E-state index in [0.29, 0.717) is 6.42 Å². The summed E-state index contributed by atoms with van der Waals surface area (Å²) in [7, 11) is 0. The molecule has 0 amide bonds. The van der Waals surface area contributed by atoms with E-state index in [1.54, 1.807) is 0 Å². The number of carbonyl (C=O) groups is 3. The summed E-state index contributed by atoms with van der Waals surface area (Å²) in [5, 5.41) is 10.9. The van der Waals surface area contributed by atoms with E-state index in [4.69, 9.17) is 0 Å². The molecule has 1 saturated carbocycles. The summed E-state index contributed by atoms with van der Waals surface area (Å²) in [6, 6.07) is 5.36. The summed E-state index contributed by atoms with van der Waals surface area (Å²) in [4.78, 5) is 45.7. The number of nitro benzene ring substituents is 1. The van der Waals surface area contributed by atoms with Crippen LogP contribution in [0.1, 0.15) is 29.6 Å². The fraction of sp³-hybridized carbons (Fsp3) is 0.308. The lowest BCUT2D eigenvalue weighted by Crippen LogP contribution is -2.35. The van der Waals surface area contributed by atoms with Crippen molar-refractivity contribution in [1.82, 2.24) is 0 Å². The predicted octanol–water partition coefficient (Wildman–Crippen LogP) is 1.72. The van der Waals surface area contributed by atoms with Crippen LogP contribution in [0.25, 0.3) is 0 Å². The maximum Gasteiger partial charge on any atom is 0.280 e. The second kappa shape index (κ2) is 5.09. The monoisotopic (exact) mass is 261 g/mol. The number of Topliss-reactive ketones (excluding diaryl/α,β-unsaturated/α-hetero) is 3. The molecule has 6 heteroatoms. The van der Waals surface area contributed by atoms with Crippen LogP contribution in [-0.2, 0) is 9.59 Å². The van der Waals surface area contributed by atoms with Crippen molar-refractivity contribution in [1.29, 1.82) is 0 Å². The topological polar surface area (TPSA) is 94.3 Å². The first-order valence-electron chi connectivity index (χ1n) is 5.85. The first kappa shape index (κ1) is 13.1. The largest absolute Gasteiger partial charge is 0.298 e. The summed E-state index contributed by atoms with van der Waals surface area (Å²) in [6.07, 6.45) is 0.782. The van der Waals surface area contributed by atoms with Crippen molar-refractivity contribution in [2.45, 2.75) is 19.3 Å². The highest BCUT2D eigenvalue weighted by atomic mass is 16.6. The number of nitrogens with zero attached hydrogens (tertiary/aromatic N) is 1. The van der Waals surface area contributed by atoms with Crippen LogP contribution in [0.15, 0.2) is 24.3 Å². The van der Waals surface area contributed by atoms with E-state index >= 15 is 0 Å². The molecule has 2 rings (SSSR count). The van der Waals surface area contributed by atoms with Crippen molar-refractivity contribution >= 4 is 23.0 Å². The van der Waals surface area contributed by atoms with E-state index < -0.39 is 28.2 Å². The van der Waals surface area contributed by atoms with Gasteiger partial charge in [-0.25, -0.2) is 0 Å². The number of hydrogen-bond donors (Lipinski definition) is 0. The van der Waals surface area contributed by atoms with Crippen LogP contribution in [0.5, 0.6) is 0 Å². The quantitative estimate of drug-likeness (QED) is 0.357. The molecule has 1 aliphatic carbocycles. The van der Waals surface area contributed by atoms with E-state index in [1.807, 2.05) is 0 Å². The van der Waals surface area contributed by atoms with E-state index in [9.17, 15) is 24.5 Å². The fourth-order valence-corrected chi connectivity index (χ4v) is 2.19. The van der Waals surface area contributed by atoms with E-state index in [2.05, 4.69) is 0 Å². The third kappa shape index (κ3) is 2.42. The van der Waals surface area contributed by atoms with Gasteiger partial charge in [-0.1, -0.05) is 12.1 Å². The minimum atomic E-state index is -1.37. The molecule has 0 heterocycles. The van der Waals surface area contributed by atoms with Gasteiger partial charge in [-0.2, -0.15) is 0 Å². The van der Waals surface area contributed by atoms with Gasteiger partial charge >= 0.3 is 0 Å². The number of rotatable bonds is 3. The van der Waals surface area contributed by atoms with Gasteiger partial charge in [-0.3, -0.25) is 24.5 Å². The summed E-state index contributed by atoms with van der Waals surface area (Å²) >= 11 is 0. The highest BCUT2D eigenvalue weighted by Gasteiger charge is 2.38. The predicted molar refractivity (Wildman–Crippen MR) is 64.8 cm³/mol. The molecule has 1 aromatic carbocycles. The zero-order chi connectivity index (χ0) is 14.0. The van der Waals surface area contributed by atoms with Gasteiger partial charge < -0.3 is 0 Å². The molecule has 1 aromatic rings. The number of hydrogen-bond acceptors (Lipinski definition) is 5. The molecule has 0 N–H and O–H groups in total. The number of para-hydroxylation sites is 1. The Bertz CT molecular complexity index is 562. The molecule has 0 spiro atoms. The second-order valence-corrected chi connectivity index (χ2v) is 4.36. The number of nitro groups is 1. The minimum absolute atomic E-state index is 0.169. The Balaban J connectivity index is 2.41. The summed E-state index contributed by atoms with van der Waals surface area (Å²) < 4.78 is 0. The molecule has 1 aliphatic rings. The van der Waals surface area contributed by atoms with Gasteiger partial charge in [0.05, 0.1) is 10.5 Å². The van der Waals surface area contributed by atoms with Gasteiger partial charge in [0.1, 0.15) is 5.92 Å². The first-order valence-corrected chi connectivity index (χ1v) is 5.85. The molecule has 0 unspecified atom stereocenters. The Morgan fingerprint density at radius 1 is 1.16 bits per heavy atom. The Morgan fingerprint density at radius 2 is 1.74 bits per heavy atom. The smallest absolute Gasteiger partial charge is 0.280 e. The van der Waals surface area contributed by atoms with Crippen LogP contribution < -0.4 is 0 Å². The van der Waals surface area contributed by atoms with Crippen LogP contribution >= 0.6 is 0 Å². The zero-order valence-corrected chi connectivity index (χ0v) is 10.00. The molecule has 0 aliphatic heterocycles. The Morgan fingerprint density at radius 3 is 2.32 bits per heavy atom. The molecular formula is C13H11NO5. The maximum atomic E-state index is 12.2. The lowest BCUT2D eigenvalue weighted by molar-refractivity contribution is -0.385. The number of benzene rings is 1. The van der Waals surface area contributed by atoms with E-state index in [0.717, 1.165) is 0 Å². The van der Waals surface area contributed by atoms with Crippen LogP contribution in [0.2, 0.25) is 0 Å². The van der Waals surface area contributed by atoms with Crippen LogP contribution in [-0.4, -0.2) is 22.3 Å². The average molecular weight is 261 g/mol. The average Bonchev–Trinajstić information content (AvgIpc) is 2.38. The van der Waals surface area contributed by atoms with Crippen molar-refractivity contribution in [3.8, 4) is 0 Å². The molecule has 98 valence electrons. The van der Waals surface area contributed by atoms with Crippen molar-refractivity contribution in [3.63, 3.8) is 0 Å². The molecule has 0 atom stereocenters.